The Balaban J connectivity index is 2.19. The summed E-state index contributed by atoms with van der Waals surface area (Å²) in [6.45, 7) is 4.19. The molecule has 0 saturated heterocycles. The van der Waals surface area contributed by atoms with Crippen LogP contribution in [0.15, 0.2) is 54.9 Å². The predicted molar refractivity (Wildman–Crippen MR) is 81.2 cm³/mol. The summed E-state index contributed by atoms with van der Waals surface area (Å²) < 4.78 is 0. The molecule has 2 heterocycles. The third-order valence-electron chi connectivity index (χ3n) is 3.31. The Hall–Kier alpha value is -2.48. The smallest absolute Gasteiger partial charge is 0.0183 e. The molecule has 2 nitrogen and oxygen atoms in total. The van der Waals surface area contributed by atoms with E-state index >= 15 is 0 Å². The fourth-order valence-electron chi connectivity index (χ4n) is 2.34. The van der Waals surface area contributed by atoms with Gasteiger partial charge in [0.15, 0.2) is 0 Å². The van der Waals surface area contributed by atoms with Gasteiger partial charge in [0.1, 0.15) is 0 Å². The van der Waals surface area contributed by atoms with Crippen LogP contribution in [0.1, 0.15) is 11.1 Å². The Kier molecular flexibility index (Phi) is 3.30. The lowest BCUT2D eigenvalue weighted by Crippen LogP contribution is -1.93. The summed E-state index contributed by atoms with van der Waals surface area (Å²) in [5, 5.41) is 0. The molecule has 3 aromatic rings. The van der Waals surface area contributed by atoms with Gasteiger partial charge in [0.2, 0.25) is 0 Å². The average Bonchev–Trinajstić information content (AvgIpc) is 2.49. The van der Waals surface area contributed by atoms with Crippen molar-refractivity contribution in [2.75, 3.05) is 0 Å². The maximum atomic E-state index is 4.42. The summed E-state index contributed by atoms with van der Waals surface area (Å²) in [6, 6.07) is 17.5. The van der Waals surface area contributed by atoms with Gasteiger partial charge in [-0.1, -0.05) is 49.2 Å². The van der Waals surface area contributed by atoms with Crippen molar-refractivity contribution in [3.8, 4) is 22.5 Å². The van der Waals surface area contributed by atoms with Crippen LogP contribution in [-0.2, 0) is 0 Å². The van der Waals surface area contributed by atoms with Crippen molar-refractivity contribution in [1.82, 2.24) is 9.97 Å². The fraction of sp³-hybridized carbons (Fsp3) is 0.111. The molecule has 2 aromatic heterocycles. The summed E-state index contributed by atoms with van der Waals surface area (Å²) in [5.74, 6) is 0. The van der Waals surface area contributed by atoms with E-state index in [-0.39, 0.29) is 0 Å². The number of nitrogens with zero attached hydrogens (tertiary/aromatic N) is 2. The molecular weight excluding hydrogens is 244 g/mol. The Labute approximate surface area is 119 Å². The molecule has 0 bridgehead atoms. The molecule has 0 aliphatic carbocycles. The minimum atomic E-state index is 0.946. The summed E-state index contributed by atoms with van der Waals surface area (Å²) >= 11 is 0. The maximum absolute atomic E-state index is 4.42. The molecule has 0 fully saturated rings. The summed E-state index contributed by atoms with van der Waals surface area (Å²) in [6.07, 6.45) is 3.62. The van der Waals surface area contributed by atoms with E-state index in [2.05, 4.69) is 35.9 Å². The zero-order valence-electron chi connectivity index (χ0n) is 11.6. The molecule has 0 amide bonds. The first kappa shape index (κ1) is 12.5. The second kappa shape index (κ2) is 5.25. The molecule has 3 rings (SSSR count). The van der Waals surface area contributed by atoms with Crippen molar-refractivity contribution in [1.29, 1.82) is 0 Å². The van der Waals surface area contributed by atoms with Crippen molar-refractivity contribution < 1.29 is 0 Å². The van der Waals surface area contributed by atoms with Gasteiger partial charge in [0.25, 0.3) is 0 Å². The van der Waals surface area contributed by atoms with Crippen molar-refractivity contribution in [3.63, 3.8) is 0 Å². The Morgan fingerprint density at radius 3 is 1.65 bits per heavy atom. The number of aryl methyl sites for hydroxylation is 2. The molecule has 1 aromatic carbocycles. The normalized spacial score (nSPS) is 10.5. The van der Waals surface area contributed by atoms with E-state index in [1.54, 1.807) is 0 Å². The van der Waals surface area contributed by atoms with Gasteiger partial charge in [-0.3, -0.25) is 9.97 Å². The van der Waals surface area contributed by atoms with Crippen LogP contribution in [0.2, 0.25) is 0 Å². The standard InChI is InChI=1S/C18H15N2/c1-13-11-14(2)16(18-8-4-6-10-20-18)12-15(13)17-7-3-5-9-19-17/h3-11H,1-2H3/q-1. The van der Waals surface area contributed by atoms with E-state index < -0.39 is 0 Å². The third kappa shape index (κ3) is 2.32. The summed E-state index contributed by atoms with van der Waals surface area (Å²) in [4.78, 5) is 8.85. The Morgan fingerprint density at radius 2 is 1.25 bits per heavy atom. The molecule has 0 aliphatic rings. The number of benzene rings is 1. The number of aromatic nitrogens is 2. The molecule has 0 atom stereocenters. The van der Waals surface area contributed by atoms with E-state index in [0.717, 1.165) is 22.5 Å². The molecular formula is C18H15N2-. The van der Waals surface area contributed by atoms with Crippen LogP contribution < -0.4 is 0 Å². The van der Waals surface area contributed by atoms with Gasteiger partial charge in [-0.15, -0.1) is 23.3 Å². The quantitative estimate of drug-likeness (QED) is 0.644. The SMILES string of the molecule is Cc1cc(C)c(-c2ccccn2)[c-]c1-c1ccccn1. The molecule has 0 radical (unpaired) electrons. The number of hydrogen-bond acceptors (Lipinski definition) is 2. The third-order valence-corrected chi connectivity index (χ3v) is 3.31. The van der Waals surface area contributed by atoms with Gasteiger partial charge in [-0.05, 0) is 12.1 Å². The molecule has 0 N–H and O–H groups in total. The monoisotopic (exact) mass is 259 g/mol. The topological polar surface area (TPSA) is 25.8 Å². The lowest BCUT2D eigenvalue weighted by atomic mass is 9.96. The van der Waals surface area contributed by atoms with E-state index in [1.807, 2.05) is 48.8 Å². The first-order valence-corrected chi connectivity index (χ1v) is 6.62. The minimum Gasteiger partial charge on any atom is -0.295 e. The fourth-order valence-corrected chi connectivity index (χ4v) is 2.34. The summed E-state index contributed by atoms with van der Waals surface area (Å²) in [5.41, 5.74) is 6.33. The predicted octanol–water partition coefficient (Wildman–Crippen LogP) is 4.23. The zero-order chi connectivity index (χ0) is 13.9. The van der Waals surface area contributed by atoms with Crippen LogP contribution in [0, 0.1) is 19.9 Å². The van der Waals surface area contributed by atoms with Crippen molar-refractivity contribution in [2.24, 2.45) is 0 Å². The number of pyridine rings is 2. The van der Waals surface area contributed by atoms with Gasteiger partial charge in [-0.25, -0.2) is 0 Å². The van der Waals surface area contributed by atoms with Crippen LogP contribution in [0.3, 0.4) is 0 Å². The molecule has 0 aliphatic heterocycles. The first-order chi connectivity index (χ1) is 9.75. The Morgan fingerprint density at radius 1 is 0.750 bits per heavy atom. The molecule has 0 saturated carbocycles. The van der Waals surface area contributed by atoms with E-state index in [9.17, 15) is 0 Å². The van der Waals surface area contributed by atoms with Crippen LogP contribution in [0.25, 0.3) is 22.5 Å². The molecule has 0 unspecified atom stereocenters. The van der Waals surface area contributed by atoms with E-state index in [0.29, 0.717) is 0 Å². The highest BCUT2D eigenvalue weighted by molar-refractivity contribution is 5.73. The summed E-state index contributed by atoms with van der Waals surface area (Å²) in [7, 11) is 0. The van der Waals surface area contributed by atoms with E-state index in [4.69, 9.17) is 0 Å². The van der Waals surface area contributed by atoms with Crippen LogP contribution in [0.4, 0.5) is 0 Å². The zero-order valence-corrected chi connectivity index (χ0v) is 11.6. The average molecular weight is 259 g/mol. The molecule has 2 heteroatoms. The highest BCUT2D eigenvalue weighted by Crippen LogP contribution is 2.29. The molecule has 98 valence electrons. The number of hydrogen-bond donors (Lipinski definition) is 0. The Bertz CT molecular complexity index is 658. The van der Waals surface area contributed by atoms with Gasteiger partial charge in [-0.2, -0.15) is 0 Å². The van der Waals surface area contributed by atoms with E-state index in [1.165, 1.54) is 11.1 Å². The number of rotatable bonds is 2. The highest BCUT2D eigenvalue weighted by Gasteiger charge is 2.02. The highest BCUT2D eigenvalue weighted by atomic mass is 14.7. The lowest BCUT2D eigenvalue weighted by molar-refractivity contribution is 1.27. The van der Waals surface area contributed by atoms with Crippen LogP contribution in [-0.4, -0.2) is 9.97 Å². The second-order valence-corrected chi connectivity index (χ2v) is 4.82. The molecule has 20 heavy (non-hydrogen) atoms. The largest absolute Gasteiger partial charge is 0.295 e. The van der Waals surface area contributed by atoms with Crippen LogP contribution >= 0.6 is 0 Å². The lowest BCUT2D eigenvalue weighted by Gasteiger charge is -2.18. The van der Waals surface area contributed by atoms with Crippen molar-refractivity contribution >= 4 is 0 Å². The van der Waals surface area contributed by atoms with Gasteiger partial charge in [0.05, 0.1) is 0 Å². The maximum Gasteiger partial charge on any atom is 0.0183 e. The first-order valence-electron chi connectivity index (χ1n) is 6.62. The van der Waals surface area contributed by atoms with Crippen LogP contribution in [0.5, 0.6) is 0 Å². The van der Waals surface area contributed by atoms with Gasteiger partial charge < -0.3 is 0 Å². The second-order valence-electron chi connectivity index (χ2n) is 4.82. The van der Waals surface area contributed by atoms with Gasteiger partial charge in [0, 0.05) is 23.8 Å². The van der Waals surface area contributed by atoms with Crippen molar-refractivity contribution in [3.05, 3.63) is 72.1 Å². The van der Waals surface area contributed by atoms with Gasteiger partial charge >= 0.3 is 0 Å². The minimum absolute atomic E-state index is 0.946. The van der Waals surface area contributed by atoms with Crippen molar-refractivity contribution in [2.45, 2.75) is 13.8 Å². The molecule has 0 spiro atoms.